The summed E-state index contributed by atoms with van der Waals surface area (Å²) < 4.78 is 5.39. The van der Waals surface area contributed by atoms with Crippen LogP contribution in [0.25, 0.3) is 0 Å². The third-order valence-electron chi connectivity index (χ3n) is 6.16. The fraction of sp³-hybridized carbons (Fsp3) is 0.417. The minimum absolute atomic E-state index is 0.00573. The summed E-state index contributed by atoms with van der Waals surface area (Å²) in [4.78, 5) is 15.1. The molecule has 1 amide bonds. The number of ether oxygens (including phenoxy) is 1. The van der Waals surface area contributed by atoms with E-state index in [4.69, 9.17) is 4.74 Å². The van der Waals surface area contributed by atoms with Crippen molar-refractivity contribution in [2.75, 3.05) is 32.9 Å². The van der Waals surface area contributed by atoms with Crippen LogP contribution in [0.2, 0.25) is 0 Å². The van der Waals surface area contributed by atoms with Gasteiger partial charge in [0.1, 0.15) is 6.04 Å². The molecule has 30 heavy (non-hydrogen) atoms. The second kappa shape index (κ2) is 9.40. The zero-order chi connectivity index (χ0) is 20.9. The van der Waals surface area contributed by atoms with E-state index < -0.39 is 6.04 Å². The summed E-state index contributed by atoms with van der Waals surface area (Å²) in [5.74, 6) is -0.281. The zero-order valence-corrected chi connectivity index (χ0v) is 16.9. The van der Waals surface area contributed by atoms with Gasteiger partial charge >= 0.3 is 0 Å². The van der Waals surface area contributed by atoms with E-state index in [1.807, 2.05) is 65.6 Å². The van der Waals surface area contributed by atoms with Gasteiger partial charge in [0.2, 0.25) is 5.91 Å². The number of aliphatic hydroxyl groups is 1. The summed E-state index contributed by atoms with van der Waals surface area (Å²) in [5.41, 5.74) is 2.00. The van der Waals surface area contributed by atoms with Crippen molar-refractivity contribution in [1.82, 2.24) is 10.2 Å². The number of morpholine rings is 1. The largest absolute Gasteiger partial charge is 0.394 e. The van der Waals surface area contributed by atoms with E-state index in [-0.39, 0.29) is 36.3 Å². The maximum Gasteiger partial charge on any atom is 0.226 e. The average molecular weight is 405 g/mol. The molecule has 0 bridgehead atoms. The molecule has 0 radical (unpaired) electrons. The Kier molecular flexibility index (Phi) is 6.44. The van der Waals surface area contributed by atoms with Gasteiger partial charge in [-0.1, -0.05) is 60.7 Å². The molecule has 0 unspecified atom stereocenters. The highest BCUT2D eigenvalue weighted by Gasteiger charge is 2.60. The van der Waals surface area contributed by atoms with Crippen LogP contribution in [0.4, 0.5) is 0 Å². The lowest BCUT2D eigenvalue weighted by atomic mass is 10.0. The Bertz CT molecular complexity index is 878. The van der Waals surface area contributed by atoms with Crippen LogP contribution in [0.5, 0.6) is 0 Å². The lowest BCUT2D eigenvalue weighted by Gasteiger charge is -2.27. The fourth-order valence-corrected chi connectivity index (χ4v) is 4.56. The molecule has 1 aliphatic carbocycles. The van der Waals surface area contributed by atoms with E-state index in [0.717, 1.165) is 11.1 Å². The molecule has 2 aromatic rings. The molecule has 4 rings (SSSR count). The Morgan fingerprint density at radius 3 is 2.37 bits per heavy atom. The van der Waals surface area contributed by atoms with E-state index in [1.165, 1.54) is 0 Å². The topological polar surface area (TPSA) is 85.6 Å². The number of carbonyl (C=O) groups excluding carboxylic acids is 1. The number of amides is 1. The molecule has 1 aliphatic heterocycles. The van der Waals surface area contributed by atoms with Gasteiger partial charge in [0.15, 0.2) is 0 Å². The van der Waals surface area contributed by atoms with Crippen molar-refractivity contribution in [3.05, 3.63) is 71.8 Å². The molecule has 1 heterocycles. The summed E-state index contributed by atoms with van der Waals surface area (Å²) in [6, 6.07) is 21.0. The van der Waals surface area contributed by atoms with Crippen LogP contribution in [0.3, 0.4) is 0 Å². The molecule has 2 N–H and O–H groups in total. The first-order chi connectivity index (χ1) is 14.7. The number of nitriles is 1. The number of rotatable bonds is 7. The highest BCUT2D eigenvalue weighted by Crippen LogP contribution is 2.56. The van der Waals surface area contributed by atoms with Crippen LogP contribution < -0.4 is 5.32 Å². The third kappa shape index (κ3) is 4.24. The van der Waals surface area contributed by atoms with E-state index in [0.29, 0.717) is 26.3 Å². The van der Waals surface area contributed by atoms with E-state index in [1.54, 1.807) is 0 Å². The number of carbonyl (C=O) groups is 1. The highest BCUT2D eigenvalue weighted by atomic mass is 16.5. The molecular formula is C24H27N3O3. The number of aliphatic hydroxyl groups excluding tert-OH is 1. The molecule has 0 aromatic heterocycles. The quantitative estimate of drug-likeness (QED) is 0.737. The minimum Gasteiger partial charge on any atom is -0.394 e. The first kappa shape index (κ1) is 20.5. The molecule has 6 heteroatoms. The van der Waals surface area contributed by atoms with Gasteiger partial charge in [0, 0.05) is 24.9 Å². The second-order valence-corrected chi connectivity index (χ2v) is 7.90. The Balaban J connectivity index is 1.56. The van der Waals surface area contributed by atoms with Gasteiger partial charge in [-0.25, -0.2) is 0 Å². The number of nitrogens with zero attached hydrogens (tertiary/aromatic N) is 2. The van der Waals surface area contributed by atoms with Gasteiger partial charge in [-0.15, -0.1) is 0 Å². The molecule has 6 nitrogen and oxygen atoms in total. The number of hydrogen-bond donors (Lipinski definition) is 2. The Morgan fingerprint density at radius 2 is 1.77 bits per heavy atom. The maximum absolute atomic E-state index is 13.3. The molecule has 5 atom stereocenters. The predicted molar refractivity (Wildman–Crippen MR) is 112 cm³/mol. The van der Waals surface area contributed by atoms with Gasteiger partial charge in [-0.2, -0.15) is 5.26 Å². The predicted octanol–water partition coefficient (Wildman–Crippen LogP) is 2.09. The van der Waals surface area contributed by atoms with Gasteiger partial charge < -0.3 is 14.7 Å². The van der Waals surface area contributed by atoms with Gasteiger partial charge in [0.05, 0.1) is 37.8 Å². The number of nitrogens with one attached hydrogen (secondary N) is 1. The van der Waals surface area contributed by atoms with Crippen molar-refractivity contribution in [2.24, 2.45) is 11.8 Å². The molecule has 1 saturated heterocycles. The van der Waals surface area contributed by atoms with Crippen LogP contribution in [0, 0.1) is 23.2 Å². The van der Waals surface area contributed by atoms with Gasteiger partial charge in [-0.3, -0.25) is 10.1 Å². The van der Waals surface area contributed by atoms with Crippen molar-refractivity contribution < 1.29 is 14.6 Å². The molecule has 1 saturated carbocycles. The Morgan fingerprint density at radius 1 is 1.13 bits per heavy atom. The van der Waals surface area contributed by atoms with Crippen LogP contribution in [0.15, 0.2) is 60.7 Å². The smallest absolute Gasteiger partial charge is 0.226 e. The standard InChI is InChI=1S/C24H27N3O3/c25-15-19(26-20(16-28)17-7-3-1-4-8-17)22-21(18-9-5-2-6-10-18)23(22)24(29)27-11-13-30-14-12-27/h1-10,19-23,26,28H,11-14,16H2/t19-,20+,21-,22-,23+/m1/s1. The summed E-state index contributed by atoms with van der Waals surface area (Å²) in [5, 5.41) is 23.2. The van der Waals surface area contributed by atoms with Crippen LogP contribution >= 0.6 is 0 Å². The van der Waals surface area contributed by atoms with Gasteiger partial charge in [0.25, 0.3) is 0 Å². The monoisotopic (exact) mass is 405 g/mol. The molecule has 156 valence electrons. The molecule has 2 aromatic carbocycles. The summed E-state index contributed by atoms with van der Waals surface area (Å²) in [6.07, 6.45) is 0. The van der Waals surface area contributed by atoms with Crippen LogP contribution in [0.1, 0.15) is 23.1 Å². The minimum atomic E-state index is -0.539. The molecule has 0 spiro atoms. The zero-order valence-electron chi connectivity index (χ0n) is 16.9. The van der Waals surface area contributed by atoms with Crippen molar-refractivity contribution in [2.45, 2.75) is 18.0 Å². The van der Waals surface area contributed by atoms with E-state index in [2.05, 4.69) is 11.4 Å². The number of benzene rings is 2. The second-order valence-electron chi connectivity index (χ2n) is 7.90. The normalized spacial score (nSPS) is 25.2. The first-order valence-corrected chi connectivity index (χ1v) is 10.5. The number of hydrogen-bond acceptors (Lipinski definition) is 5. The molecule has 2 fully saturated rings. The Hall–Kier alpha value is -2.72. The highest BCUT2D eigenvalue weighted by molar-refractivity contribution is 5.84. The lowest BCUT2D eigenvalue weighted by Crippen LogP contribution is -2.43. The lowest BCUT2D eigenvalue weighted by molar-refractivity contribution is -0.137. The summed E-state index contributed by atoms with van der Waals surface area (Å²) in [6.45, 7) is 2.18. The fourth-order valence-electron chi connectivity index (χ4n) is 4.56. The van der Waals surface area contributed by atoms with E-state index >= 15 is 0 Å². The SMILES string of the molecule is N#C[C@@H](N[C@@H](CO)c1ccccc1)[C@H]1[C@@H](C(=O)N2CCOCC2)[C@@H]1c1ccccc1. The van der Waals surface area contributed by atoms with Crippen LogP contribution in [-0.4, -0.2) is 54.9 Å². The molecule has 2 aliphatic rings. The molecular weight excluding hydrogens is 378 g/mol. The van der Waals surface area contributed by atoms with E-state index in [9.17, 15) is 15.2 Å². The first-order valence-electron chi connectivity index (χ1n) is 10.5. The average Bonchev–Trinajstić information content (AvgIpc) is 3.56. The maximum atomic E-state index is 13.3. The van der Waals surface area contributed by atoms with Crippen molar-refractivity contribution in [1.29, 1.82) is 5.26 Å². The van der Waals surface area contributed by atoms with Crippen molar-refractivity contribution in [3.8, 4) is 6.07 Å². The van der Waals surface area contributed by atoms with Gasteiger partial charge in [-0.05, 0) is 11.1 Å². The third-order valence-corrected chi connectivity index (χ3v) is 6.16. The summed E-state index contributed by atoms with van der Waals surface area (Å²) in [7, 11) is 0. The van der Waals surface area contributed by atoms with Crippen molar-refractivity contribution in [3.63, 3.8) is 0 Å². The Labute approximate surface area is 177 Å². The summed E-state index contributed by atoms with van der Waals surface area (Å²) >= 11 is 0. The van der Waals surface area contributed by atoms with Crippen molar-refractivity contribution >= 4 is 5.91 Å². The van der Waals surface area contributed by atoms with Crippen LogP contribution in [-0.2, 0) is 9.53 Å².